The van der Waals surface area contributed by atoms with Crippen LogP contribution in [0.25, 0.3) is 5.76 Å². The second kappa shape index (κ2) is 8.13. The molecule has 6 nitrogen and oxygen atoms in total. The standard InChI is InChI=1S/C27H23NO5/c1-16-12-20-13-19(10-11-22(20)33-16)25(30)23-24(18-8-5-9-21(29)14-18)28(27(32)26(23)31)15-17-6-3-2-4-7-17/h2-11,13-14,16,24,29-30H,12,15H2,1H3/b25-23+/t16-,24+/m1/s1. The number of phenolic OH excluding ortho intramolecular Hbond substituents is 1. The van der Waals surface area contributed by atoms with Crippen molar-refractivity contribution in [3.8, 4) is 11.5 Å². The number of fused-ring (bicyclic) bond motifs is 1. The van der Waals surface area contributed by atoms with E-state index in [1.54, 1.807) is 30.3 Å². The van der Waals surface area contributed by atoms with Crippen molar-refractivity contribution in [2.24, 2.45) is 0 Å². The van der Waals surface area contributed by atoms with Gasteiger partial charge in [0.05, 0.1) is 11.6 Å². The number of Topliss-reactive ketones (excluding diaryl/α,β-unsaturated/α-hetero) is 1. The maximum atomic E-state index is 13.2. The van der Waals surface area contributed by atoms with E-state index in [1.807, 2.05) is 37.3 Å². The molecule has 0 aromatic heterocycles. The zero-order chi connectivity index (χ0) is 23.1. The average Bonchev–Trinajstić information content (AvgIpc) is 3.30. The van der Waals surface area contributed by atoms with Gasteiger partial charge in [0.25, 0.3) is 11.7 Å². The first kappa shape index (κ1) is 20.8. The van der Waals surface area contributed by atoms with Crippen molar-refractivity contribution in [2.45, 2.75) is 32.0 Å². The molecule has 1 fully saturated rings. The highest BCUT2D eigenvalue weighted by molar-refractivity contribution is 6.46. The van der Waals surface area contributed by atoms with Crippen molar-refractivity contribution in [1.82, 2.24) is 4.90 Å². The lowest BCUT2D eigenvalue weighted by Crippen LogP contribution is -2.29. The summed E-state index contributed by atoms with van der Waals surface area (Å²) < 4.78 is 5.74. The minimum Gasteiger partial charge on any atom is -0.508 e. The largest absolute Gasteiger partial charge is 0.508 e. The molecule has 33 heavy (non-hydrogen) atoms. The lowest BCUT2D eigenvalue weighted by molar-refractivity contribution is -0.140. The molecule has 6 heteroatoms. The molecule has 2 aliphatic heterocycles. The summed E-state index contributed by atoms with van der Waals surface area (Å²) in [6, 6.07) is 20.2. The second-order valence-corrected chi connectivity index (χ2v) is 8.46. The quantitative estimate of drug-likeness (QED) is 0.357. The highest BCUT2D eigenvalue weighted by Gasteiger charge is 2.46. The van der Waals surface area contributed by atoms with Gasteiger partial charge in [0.15, 0.2) is 0 Å². The monoisotopic (exact) mass is 441 g/mol. The van der Waals surface area contributed by atoms with Crippen LogP contribution >= 0.6 is 0 Å². The number of ether oxygens (including phenoxy) is 1. The number of nitrogens with zero attached hydrogens (tertiary/aromatic N) is 1. The molecule has 0 bridgehead atoms. The molecule has 0 radical (unpaired) electrons. The molecular formula is C27H23NO5. The zero-order valence-electron chi connectivity index (χ0n) is 18.1. The van der Waals surface area contributed by atoms with Crippen LogP contribution in [0.2, 0.25) is 0 Å². The molecule has 2 atom stereocenters. The third kappa shape index (κ3) is 3.74. The van der Waals surface area contributed by atoms with Crippen molar-refractivity contribution < 1.29 is 24.5 Å². The normalized spacial score (nSPS) is 21.2. The Balaban J connectivity index is 1.64. The Morgan fingerprint density at radius 2 is 1.82 bits per heavy atom. The van der Waals surface area contributed by atoms with E-state index in [4.69, 9.17) is 4.74 Å². The number of benzene rings is 3. The topological polar surface area (TPSA) is 87.1 Å². The lowest BCUT2D eigenvalue weighted by Gasteiger charge is -2.25. The fourth-order valence-electron chi connectivity index (χ4n) is 4.59. The van der Waals surface area contributed by atoms with E-state index >= 15 is 0 Å². The van der Waals surface area contributed by atoms with E-state index in [0.29, 0.717) is 17.5 Å². The molecule has 0 saturated carbocycles. The van der Waals surface area contributed by atoms with E-state index < -0.39 is 17.7 Å². The van der Waals surface area contributed by atoms with Crippen molar-refractivity contribution in [3.63, 3.8) is 0 Å². The number of phenols is 1. The van der Waals surface area contributed by atoms with Gasteiger partial charge < -0.3 is 19.8 Å². The first-order valence-corrected chi connectivity index (χ1v) is 10.8. The number of aromatic hydroxyl groups is 1. The van der Waals surface area contributed by atoms with Gasteiger partial charge in [-0.1, -0.05) is 42.5 Å². The molecule has 1 amide bonds. The maximum Gasteiger partial charge on any atom is 0.295 e. The molecule has 2 N–H and O–H groups in total. The predicted octanol–water partition coefficient (Wildman–Crippen LogP) is 4.34. The third-order valence-electron chi connectivity index (χ3n) is 6.09. The summed E-state index contributed by atoms with van der Waals surface area (Å²) in [6.45, 7) is 2.16. The summed E-state index contributed by atoms with van der Waals surface area (Å²) in [5.74, 6) is -0.900. The van der Waals surface area contributed by atoms with Crippen molar-refractivity contribution in [1.29, 1.82) is 0 Å². The van der Waals surface area contributed by atoms with Crippen molar-refractivity contribution >= 4 is 17.4 Å². The Kier molecular flexibility index (Phi) is 5.13. The van der Waals surface area contributed by atoms with Gasteiger partial charge in [-0.15, -0.1) is 0 Å². The van der Waals surface area contributed by atoms with Gasteiger partial charge in [0.1, 0.15) is 23.4 Å². The molecule has 3 aromatic carbocycles. The van der Waals surface area contributed by atoms with Crippen LogP contribution in [0.3, 0.4) is 0 Å². The highest BCUT2D eigenvalue weighted by Crippen LogP contribution is 2.42. The summed E-state index contributed by atoms with van der Waals surface area (Å²) in [5.41, 5.74) is 2.81. The number of carbonyl (C=O) groups is 2. The van der Waals surface area contributed by atoms with Crippen LogP contribution in [0.15, 0.2) is 78.4 Å². The van der Waals surface area contributed by atoms with Gasteiger partial charge in [-0.3, -0.25) is 9.59 Å². The van der Waals surface area contributed by atoms with E-state index in [-0.39, 0.29) is 29.7 Å². The Labute approximate surface area is 191 Å². The number of aliphatic hydroxyl groups is 1. The Morgan fingerprint density at radius 3 is 2.58 bits per heavy atom. The van der Waals surface area contributed by atoms with Crippen LogP contribution in [0.5, 0.6) is 11.5 Å². The number of amides is 1. The number of rotatable bonds is 4. The van der Waals surface area contributed by atoms with E-state index in [2.05, 4.69) is 0 Å². The van der Waals surface area contributed by atoms with Crippen LogP contribution in [0.1, 0.15) is 35.2 Å². The lowest BCUT2D eigenvalue weighted by atomic mass is 9.94. The van der Waals surface area contributed by atoms with E-state index in [0.717, 1.165) is 16.9 Å². The summed E-state index contributed by atoms with van der Waals surface area (Å²) in [6.07, 6.45) is 0.746. The number of likely N-dealkylation sites (tertiary alicyclic amines) is 1. The van der Waals surface area contributed by atoms with Gasteiger partial charge in [-0.05, 0) is 53.9 Å². The summed E-state index contributed by atoms with van der Waals surface area (Å²) in [4.78, 5) is 27.7. The minimum atomic E-state index is -0.833. The number of carbonyl (C=O) groups excluding carboxylic acids is 2. The van der Waals surface area contributed by atoms with Gasteiger partial charge in [-0.25, -0.2) is 0 Å². The first-order chi connectivity index (χ1) is 15.9. The Hall–Kier alpha value is -4.06. The maximum absolute atomic E-state index is 13.2. The fraction of sp³-hybridized carbons (Fsp3) is 0.185. The fourth-order valence-corrected chi connectivity index (χ4v) is 4.59. The van der Waals surface area contributed by atoms with Crippen LogP contribution in [-0.2, 0) is 22.6 Å². The summed E-state index contributed by atoms with van der Waals surface area (Å²) in [7, 11) is 0. The minimum absolute atomic E-state index is 0.00782. The molecule has 0 spiro atoms. The van der Waals surface area contributed by atoms with Crippen LogP contribution in [0.4, 0.5) is 0 Å². The number of aliphatic hydroxyl groups excluding tert-OH is 1. The number of hydrogen-bond acceptors (Lipinski definition) is 5. The average molecular weight is 441 g/mol. The molecule has 0 unspecified atom stereocenters. The van der Waals surface area contributed by atoms with Crippen LogP contribution < -0.4 is 4.74 Å². The number of hydrogen-bond donors (Lipinski definition) is 2. The molecular weight excluding hydrogens is 418 g/mol. The van der Waals surface area contributed by atoms with Crippen molar-refractivity contribution in [2.75, 3.05) is 0 Å². The third-order valence-corrected chi connectivity index (χ3v) is 6.09. The number of ketones is 1. The van der Waals surface area contributed by atoms with E-state index in [9.17, 15) is 19.8 Å². The van der Waals surface area contributed by atoms with E-state index in [1.165, 1.54) is 17.0 Å². The summed E-state index contributed by atoms with van der Waals surface area (Å²) >= 11 is 0. The molecule has 0 aliphatic carbocycles. The molecule has 3 aromatic rings. The first-order valence-electron chi connectivity index (χ1n) is 10.8. The van der Waals surface area contributed by atoms with Gasteiger partial charge in [0, 0.05) is 18.5 Å². The Bertz CT molecular complexity index is 1280. The van der Waals surface area contributed by atoms with Gasteiger partial charge >= 0.3 is 0 Å². The molecule has 5 rings (SSSR count). The highest BCUT2D eigenvalue weighted by atomic mass is 16.5. The van der Waals surface area contributed by atoms with Crippen LogP contribution in [-0.4, -0.2) is 32.9 Å². The van der Waals surface area contributed by atoms with Gasteiger partial charge in [0.2, 0.25) is 0 Å². The summed E-state index contributed by atoms with van der Waals surface area (Å²) in [5, 5.41) is 21.3. The molecule has 2 heterocycles. The molecule has 1 saturated heterocycles. The second-order valence-electron chi connectivity index (χ2n) is 8.46. The molecule has 2 aliphatic rings. The smallest absolute Gasteiger partial charge is 0.295 e. The zero-order valence-corrected chi connectivity index (χ0v) is 18.1. The van der Waals surface area contributed by atoms with Crippen molar-refractivity contribution in [3.05, 3.63) is 101 Å². The molecule has 166 valence electrons. The van der Waals surface area contributed by atoms with Gasteiger partial charge in [-0.2, -0.15) is 0 Å². The van der Waals surface area contributed by atoms with Crippen LogP contribution in [0, 0.1) is 0 Å². The SMILES string of the molecule is C[C@@H]1Cc2cc(/C(O)=C3\C(=O)C(=O)N(Cc4ccccc4)[C@H]3c3cccc(O)c3)ccc2O1. The predicted molar refractivity (Wildman–Crippen MR) is 123 cm³/mol. The Morgan fingerprint density at radius 1 is 1.03 bits per heavy atom.